The lowest BCUT2D eigenvalue weighted by atomic mass is 10.5. The van der Waals surface area contributed by atoms with Crippen molar-refractivity contribution in [2.75, 3.05) is 26.7 Å². The highest BCUT2D eigenvalue weighted by molar-refractivity contribution is 6.76. The molecular formula is C9H22N2O2Si. The van der Waals surface area contributed by atoms with Crippen molar-refractivity contribution in [3.05, 3.63) is 0 Å². The average Bonchev–Trinajstić information content (AvgIpc) is 2.01. The molecule has 0 aliphatic heterocycles. The smallest absolute Gasteiger partial charge is 0.407 e. The number of rotatable bonds is 6. The third kappa shape index (κ3) is 6.91. The second-order valence-corrected chi connectivity index (χ2v) is 10.3. The van der Waals surface area contributed by atoms with Crippen LogP contribution in [-0.4, -0.2) is 50.9 Å². The van der Waals surface area contributed by atoms with Crippen molar-refractivity contribution in [2.45, 2.75) is 25.7 Å². The zero-order chi connectivity index (χ0) is 11.2. The normalized spacial score (nSPS) is 11.4. The molecule has 0 heterocycles. The third-order valence-electron chi connectivity index (χ3n) is 2.03. The van der Waals surface area contributed by atoms with E-state index < -0.39 is 14.2 Å². The van der Waals surface area contributed by atoms with Crippen LogP contribution in [0.4, 0.5) is 4.79 Å². The summed E-state index contributed by atoms with van der Waals surface area (Å²) in [6.45, 7) is 8.74. The van der Waals surface area contributed by atoms with Crippen molar-refractivity contribution in [2.24, 2.45) is 0 Å². The number of amides is 1. The van der Waals surface area contributed by atoms with Gasteiger partial charge in [-0.1, -0.05) is 19.6 Å². The molecule has 0 aromatic heterocycles. The number of carboxylic acid groups (broad SMARTS) is 1. The van der Waals surface area contributed by atoms with Gasteiger partial charge in [0.15, 0.2) is 0 Å². The first-order chi connectivity index (χ1) is 6.37. The van der Waals surface area contributed by atoms with Gasteiger partial charge in [0, 0.05) is 27.7 Å². The largest absolute Gasteiger partial charge is 0.465 e. The van der Waals surface area contributed by atoms with Crippen LogP contribution in [0.25, 0.3) is 0 Å². The van der Waals surface area contributed by atoms with Gasteiger partial charge in [0.25, 0.3) is 0 Å². The summed E-state index contributed by atoms with van der Waals surface area (Å²) in [5, 5.41) is 11.9. The van der Waals surface area contributed by atoms with E-state index in [1.807, 2.05) is 7.05 Å². The van der Waals surface area contributed by atoms with Gasteiger partial charge in [0.05, 0.1) is 0 Å². The first-order valence-corrected chi connectivity index (χ1v) is 8.70. The van der Waals surface area contributed by atoms with Crippen molar-refractivity contribution < 1.29 is 9.90 Å². The number of hydrogen-bond acceptors (Lipinski definition) is 2. The topological polar surface area (TPSA) is 52.6 Å². The molecule has 0 aromatic rings. The molecule has 0 rings (SSSR count). The van der Waals surface area contributed by atoms with E-state index in [1.165, 1.54) is 4.90 Å². The minimum Gasteiger partial charge on any atom is -0.465 e. The van der Waals surface area contributed by atoms with Gasteiger partial charge >= 0.3 is 6.09 Å². The zero-order valence-electron chi connectivity index (χ0n) is 9.63. The number of hydrogen-bond donors (Lipinski definition) is 2. The highest BCUT2D eigenvalue weighted by atomic mass is 28.3. The Morgan fingerprint density at radius 2 is 1.93 bits per heavy atom. The summed E-state index contributed by atoms with van der Waals surface area (Å²) in [6.07, 6.45) is -0.807. The molecule has 0 saturated carbocycles. The van der Waals surface area contributed by atoms with Crippen LogP contribution < -0.4 is 5.32 Å². The van der Waals surface area contributed by atoms with Gasteiger partial charge in [0.1, 0.15) is 0 Å². The van der Waals surface area contributed by atoms with Crippen molar-refractivity contribution >= 4 is 14.2 Å². The van der Waals surface area contributed by atoms with Crippen LogP contribution >= 0.6 is 0 Å². The number of nitrogens with zero attached hydrogens (tertiary/aromatic N) is 1. The van der Waals surface area contributed by atoms with Crippen LogP contribution in [0.3, 0.4) is 0 Å². The molecule has 0 fully saturated rings. The molecule has 1 amide bonds. The van der Waals surface area contributed by atoms with Gasteiger partial charge in [-0.25, -0.2) is 4.79 Å². The Hall–Kier alpha value is -0.553. The minimum absolute atomic E-state index is 0.580. The number of nitrogens with one attached hydrogen (secondary N) is 1. The molecule has 0 bridgehead atoms. The zero-order valence-corrected chi connectivity index (χ0v) is 10.6. The Morgan fingerprint density at radius 3 is 2.29 bits per heavy atom. The summed E-state index contributed by atoms with van der Waals surface area (Å²) in [6, 6.07) is 1.03. The Balaban J connectivity index is 3.91. The fourth-order valence-electron chi connectivity index (χ4n) is 1.02. The SMILES string of the molecule is CNCCN(CC[Si](C)(C)C)C(=O)O. The van der Waals surface area contributed by atoms with E-state index >= 15 is 0 Å². The van der Waals surface area contributed by atoms with E-state index in [4.69, 9.17) is 5.11 Å². The first kappa shape index (κ1) is 13.4. The summed E-state index contributed by atoms with van der Waals surface area (Å²) in [7, 11) is 0.701. The molecule has 14 heavy (non-hydrogen) atoms. The molecule has 0 aliphatic carbocycles. The molecule has 0 radical (unpaired) electrons. The van der Waals surface area contributed by atoms with E-state index in [9.17, 15) is 4.79 Å². The predicted octanol–water partition coefficient (Wildman–Crippen LogP) is 1.52. The summed E-state index contributed by atoms with van der Waals surface area (Å²) in [5.74, 6) is 0. The summed E-state index contributed by atoms with van der Waals surface area (Å²) in [5.41, 5.74) is 0. The molecule has 0 unspecified atom stereocenters. The van der Waals surface area contributed by atoms with E-state index in [2.05, 4.69) is 25.0 Å². The highest BCUT2D eigenvalue weighted by Crippen LogP contribution is 2.08. The Bertz CT molecular complexity index is 180. The maximum Gasteiger partial charge on any atom is 0.407 e. The molecule has 2 N–H and O–H groups in total. The highest BCUT2D eigenvalue weighted by Gasteiger charge is 2.17. The van der Waals surface area contributed by atoms with E-state index in [0.29, 0.717) is 13.1 Å². The molecule has 0 atom stereocenters. The minimum atomic E-state index is -1.13. The van der Waals surface area contributed by atoms with Crippen LogP contribution in [0.2, 0.25) is 25.7 Å². The maximum atomic E-state index is 10.8. The van der Waals surface area contributed by atoms with Crippen molar-refractivity contribution in [3.8, 4) is 0 Å². The maximum absolute atomic E-state index is 10.8. The lowest BCUT2D eigenvalue weighted by Gasteiger charge is -2.23. The number of carbonyl (C=O) groups is 1. The van der Waals surface area contributed by atoms with Gasteiger partial charge in [-0.2, -0.15) is 0 Å². The lowest BCUT2D eigenvalue weighted by Crippen LogP contribution is -2.38. The van der Waals surface area contributed by atoms with Crippen LogP contribution in [0.15, 0.2) is 0 Å². The van der Waals surface area contributed by atoms with Crippen LogP contribution in [0, 0.1) is 0 Å². The van der Waals surface area contributed by atoms with Crippen molar-refractivity contribution in [1.29, 1.82) is 0 Å². The van der Waals surface area contributed by atoms with E-state index in [1.54, 1.807) is 0 Å². The molecule has 0 spiro atoms. The standard InChI is InChI=1S/C9H22N2O2Si/c1-10-5-6-11(9(12)13)7-8-14(2,3)4/h10H,5-8H2,1-4H3,(H,12,13). The van der Waals surface area contributed by atoms with Gasteiger partial charge in [-0.15, -0.1) is 0 Å². The van der Waals surface area contributed by atoms with Crippen molar-refractivity contribution in [1.82, 2.24) is 10.2 Å². The van der Waals surface area contributed by atoms with Crippen LogP contribution in [0.1, 0.15) is 0 Å². The number of likely N-dealkylation sites (N-methyl/N-ethyl adjacent to an activating group) is 1. The molecule has 0 aromatic carbocycles. The van der Waals surface area contributed by atoms with Gasteiger partial charge in [-0.05, 0) is 13.1 Å². The fourth-order valence-corrected chi connectivity index (χ4v) is 1.96. The van der Waals surface area contributed by atoms with E-state index in [-0.39, 0.29) is 0 Å². The van der Waals surface area contributed by atoms with Gasteiger partial charge in [-0.3, -0.25) is 0 Å². The molecule has 84 valence electrons. The molecule has 0 aliphatic rings. The monoisotopic (exact) mass is 218 g/mol. The second kappa shape index (κ2) is 6.03. The van der Waals surface area contributed by atoms with E-state index in [0.717, 1.165) is 12.6 Å². The van der Waals surface area contributed by atoms with Gasteiger partial charge < -0.3 is 15.3 Å². The first-order valence-electron chi connectivity index (χ1n) is 4.99. The second-order valence-electron chi connectivity index (χ2n) is 4.68. The Kier molecular flexibility index (Phi) is 5.79. The Labute approximate surface area is 87.3 Å². The summed E-state index contributed by atoms with van der Waals surface area (Å²) >= 11 is 0. The van der Waals surface area contributed by atoms with Crippen molar-refractivity contribution in [3.63, 3.8) is 0 Å². The summed E-state index contributed by atoms with van der Waals surface area (Å²) < 4.78 is 0. The fraction of sp³-hybridized carbons (Fsp3) is 0.889. The quantitative estimate of drug-likeness (QED) is 0.665. The average molecular weight is 218 g/mol. The Morgan fingerprint density at radius 1 is 1.36 bits per heavy atom. The van der Waals surface area contributed by atoms with Gasteiger partial charge in [0.2, 0.25) is 0 Å². The lowest BCUT2D eigenvalue weighted by molar-refractivity contribution is 0.148. The third-order valence-corrected chi connectivity index (χ3v) is 3.76. The molecule has 4 nitrogen and oxygen atoms in total. The molecule has 5 heteroatoms. The predicted molar refractivity (Wildman–Crippen MR) is 61.7 cm³/mol. The summed E-state index contributed by atoms with van der Waals surface area (Å²) in [4.78, 5) is 12.3. The molecular weight excluding hydrogens is 196 g/mol. The molecule has 0 saturated heterocycles. The van der Waals surface area contributed by atoms with Crippen LogP contribution in [-0.2, 0) is 0 Å². The van der Waals surface area contributed by atoms with Crippen LogP contribution in [0.5, 0.6) is 0 Å².